The third kappa shape index (κ3) is 2.92. The predicted molar refractivity (Wildman–Crippen MR) is 92.4 cm³/mol. The molecule has 1 aliphatic heterocycles. The van der Waals surface area contributed by atoms with Crippen LogP contribution in [0.25, 0.3) is 16.8 Å². The van der Waals surface area contributed by atoms with Gasteiger partial charge in [0.05, 0.1) is 11.7 Å². The molecule has 0 spiro atoms. The summed E-state index contributed by atoms with van der Waals surface area (Å²) in [5, 5.41) is 8.65. The van der Waals surface area contributed by atoms with E-state index in [1.165, 1.54) is 0 Å². The van der Waals surface area contributed by atoms with Crippen molar-refractivity contribution in [2.75, 3.05) is 13.1 Å². The van der Waals surface area contributed by atoms with Gasteiger partial charge in [0.15, 0.2) is 11.3 Å². The molecule has 3 aromatic rings. The molecule has 1 aliphatic rings. The second-order valence-corrected chi connectivity index (χ2v) is 7.49. The Bertz CT molecular complexity index is 922. The number of fused-ring (bicyclic) bond motifs is 3. The van der Waals surface area contributed by atoms with Crippen molar-refractivity contribution in [2.45, 2.75) is 45.1 Å². The summed E-state index contributed by atoms with van der Waals surface area (Å²) in [5.74, 6) is 0.993. The van der Waals surface area contributed by atoms with Crippen molar-refractivity contribution in [3.05, 3.63) is 24.3 Å². The van der Waals surface area contributed by atoms with E-state index in [9.17, 15) is 4.79 Å². The lowest BCUT2D eigenvalue weighted by molar-refractivity contribution is 0.0195. The molecule has 132 valence electrons. The van der Waals surface area contributed by atoms with E-state index in [1.807, 2.05) is 37.4 Å². The van der Waals surface area contributed by atoms with Gasteiger partial charge in [0, 0.05) is 25.2 Å². The van der Waals surface area contributed by atoms with E-state index in [4.69, 9.17) is 4.74 Å². The van der Waals surface area contributed by atoms with Crippen LogP contribution >= 0.6 is 0 Å². The number of piperidine rings is 1. The van der Waals surface area contributed by atoms with Gasteiger partial charge in [-0.05, 0) is 39.7 Å². The second kappa shape index (κ2) is 5.72. The standard InChI is InChI=1S/C17H22N6O2/c1-17(2,3)25-16(24)22-8-4-5-11(10-22)15-21-20-13-9-19-14-12(23(13)15)6-7-18-14/h6-7,9,11,18H,4-5,8,10H2,1-3H3. The lowest BCUT2D eigenvalue weighted by Gasteiger charge is -2.33. The number of H-pyrrole nitrogens is 1. The Labute approximate surface area is 145 Å². The first-order chi connectivity index (χ1) is 11.9. The van der Waals surface area contributed by atoms with Gasteiger partial charge in [0.1, 0.15) is 11.4 Å². The molecule has 3 aromatic heterocycles. The summed E-state index contributed by atoms with van der Waals surface area (Å²) >= 11 is 0. The minimum absolute atomic E-state index is 0.122. The molecule has 0 aliphatic carbocycles. The number of ether oxygens (including phenoxy) is 1. The number of nitrogens with zero attached hydrogens (tertiary/aromatic N) is 5. The summed E-state index contributed by atoms with van der Waals surface area (Å²) in [6.07, 6.45) is 5.19. The number of amides is 1. The highest BCUT2D eigenvalue weighted by molar-refractivity contribution is 5.74. The van der Waals surface area contributed by atoms with Crippen LogP contribution in [-0.2, 0) is 4.74 Å². The summed E-state index contributed by atoms with van der Waals surface area (Å²) in [4.78, 5) is 21.6. The average molecular weight is 342 g/mol. The van der Waals surface area contributed by atoms with Crippen LogP contribution in [0.4, 0.5) is 4.79 Å². The van der Waals surface area contributed by atoms with Crippen molar-refractivity contribution in [1.82, 2.24) is 29.5 Å². The SMILES string of the molecule is CC(C)(C)OC(=O)N1CCCC(c2nnc3cnc4[nH]ccc4n23)C1. The van der Waals surface area contributed by atoms with Crippen LogP contribution in [0.2, 0.25) is 0 Å². The van der Waals surface area contributed by atoms with Crippen molar-refractivity contribution in [3.63, 3.8) is 0 Å². The maximum atomic E-state index is 12.4. The fourth-order valence-corrected chi connectivity index (χ4v) is 3.34. The van der Waals surface area contributed by atoms with Crippen LogP contribution in [0.15, 0.2) is 18.5 Å². The molecule has 0 aromatic carbocycles. The zero-order valence-corrected chi connectivity index (χ0v) is 14.7. The highest BCUT2D eigenvalue weighted by atomic mass is 16.6. The summed E-state index contributed by atoms with van der Waals surface area (Å²) in [7, 11) is 0. The van der Waals surface area contributed by atoms with Gasteiger partial charge in [-0.2, -0.15) is 0 Å². The molecule has 8 nitrogen and oxygen atoms in total. The van der Waals surface area contributed by atoms with E-state index in [-0.39, 0.29) is 12.0 Å². The van der Waals surface area contributed by atoms with Gasteiger partial charge in [-0.25, -0.2) is 9.78 Å². The molecule has 0 bridgehead atoms. The number of hydrogen-bond acceptors (Lipinski definition) is 5. The van der Waals surface area contributed by atoms with E-state index < -0.39 is 5.60 Å². The third-order valence-electron chi connectivity index (χ3n) is 4.41. The van der Waals surface area contributed by atoms with Gasteiger partial charge in [-0.1, -0.05) is 0 Å². The number of hydrogen-bond donors (Lipinski definition) is 1. The maximum Gasteiger partial charge on any atom is 0.410 e. The lowest BCUT2D eigenvalue weighted by Crippen LogP contribution is -2.42. The average Bonchev–Trinajstić information content (AvgIpc) is 3.19. The smallest absolute Gasteiger partial charge is 0.410 e. The number of nitrogens with one attached hydrogen (secondary N) is 1. The molecular formula is C17H22N6O2. The van der Waals surface area contributed by atoms with Gasteiger partial charge >= 0.3 is 6.09 Å². The number of carbonyl (C=O) groups is 1. The first-order valence-electron chi connectivity index (χ1n) is 8.57. The maximum absolute atomic E-state index is 12.4. The summed E-state index contributed by atoms with van der Waals surface area (Å²) < 4.78 is 7.55. The Hall–Kier alpha value is -2.64. The van der Waals surface area contributed by atoms with E-state index in [0.717, 1.165) is 35.5 Å². The Balaban J connectivity index is 1.65. The number of rotatable bonds is 1. The van der Waals surface area contributed by atoms with Crippen molar-refractivity contribution in [3.8, 4) is 0 Å². The van der Waals surface area contributed by atoms with Crippen molar-refractivity contribution in [2.24, 2.45) is 0 Å². The highest BCUT2D eigenvalue weighted by Crippen LogP contribution is 2.28. The molecule has 1 atom stereocenters. The number of likely N-dealkylation sites (tertiary alicyclic amines) is 1. The molecule has 1 fully saturated rings. The lowest BCUT2D eigenvalue weighted by atomic mass is 9.97. The first kappa shape index (κ1) is 15.9. The molecule has 1 amide bonds. The second-order valence-electron chi connectivity index (χ2n) is 7.49. The molecule has 4 heterocycles. The van der Waals surface area contributed by atoms with E-state index in [2.05, 4.69) is 20.2 Å². The van der Waals surface area contributed by atoms with Crippen molar-refractivity contribution >= 4 is 22.9 Å². The zero-order valence-electron chi connectivity index (χ0n) is 14.7. The van der Waals surface area contributed by atoms with Gasteiger partial charge in [-0.15, -0.1) is 10.2 Å². The zero-order chi connectivity index (χ0) is 17.6. The van der Waals surface area contributed by atoms with Crippen molar-refractivity contribution < 1.29 is 9.53 Å². The Morgan fingerprint density at radius 2 is 2.20 bits per heavy atom. The van der Waals surface area contributed by atoms with Crippen LogP contribution < -0.4 is 0 Å². The summed E-state index contributed by atoms with van der Waals surface area (Å²) in [6.45, 7) is 6.95. The fraction of sp³-hybridized carbons (Fsp3) is 0.529. The van der Waals surface area contributed by atoms with Crippen LogP contribution in [-0.4, -0.2) is 54.2 Å². The van der Waals surface area contributed by atoms with Crippen LogP contribution in [0.5, 0.6) is 0 Å². The monoisotopic (exact) mass is 342 g/mol. The Kier molecular flexibility index (Phi) is 3.63. The van der Waals surface area contributed by atoms with Crippen LogP contribution in [0.3, 0.4) is 0 Å². The van der Waals surface area contributed by atoms with E-state index in [0.29, 0.717) is 13.1 Å². The number of aromatic amines is 1. The first-order valence-corrected chi connectivity index (χ1v) is 8.57. The predicted octanol–water partition coefficient (Wildman–Crippen LogP) is 2.72. The molecule has 1 unspecified atom stereocenters. The van der Waals surface area contributed by atoms with Gasteiger partial charge in [-0.3, -0.25) is 4.40 Å². The molecule has 1 N–H and O–H groups in total. The number of aromatic nitrogens is 5. The number of carbonyl (C=O) groups excluding carboxylic acids is 1. The largest absolute Gasteiger partial charge is 0.444 e. The molecule has 0 saturated carbocycles. The van der Waals surface area contributed by atoms with Crippen LogP contribution in [0, 0.1) is 0 Å². The third-order valence-corrected chi connectivity index (χ3v) is 4.41. The van der Waals surface area contributed by atoms with Crippen LogP contribution in [0.1, 0.15) is 45.4 Å². The summed E-state index contributed by atoms with van der Waals surface area (Å²) in [6, 6.07) is 1.97. The minimum Gasteiger partial charge on any atom is -0.444 e. The Morgan fingerprint density at radius 1 is 1.36 bits per heavy atom. The molecule has 4 rings (SSSR count). The fourth-order valence-electron chi connectivity index (χ4n) is 3.34. The minimum atomic E-state index is -0.492. The normalized spacial score (nSPS) is 18.8. The molecule has 0 radical (unpaired) electrons. The highest BCUT2D eigenvalue weighted by Gasteiger charge is 2.31. The van der Waals surface area contributed by atoms with E-state index >= 15 is 0 Å². The van der Waals surface area contributed by atoms with Gasteiger partial charge in [0.2, 0.25) is 0 Å². The van der Waals surface area contributed by atoms with Crippen molar-refractivity contribution in [1.29, 1.82) is 0 Å². The Morgan fingerprint density at radius 3 is 3.00 bits per heavy atom. The molecular weight excluding hydrogens is 320 g/mol. The summed E-state index contributed by atoms with van der Waals surface area (Å²) in [5.41, 5.74) is 1.98. The van der Waals surface area contributed by atoms with Gasteiger partial charge < -0.3 is 14.6 Å². The quantitative estimate of drug-likeness (QED) is 0.734. The topological polar surface area (TPSA) is 88.4 Å². The van der Waals surface area contributed by atoms with E-state index in [1.54, 1.807) is 11.1 Å². The molecule has 1 saturated heterocycles. The molecule has 25 heavy (non-hydrogen) atoms. The van der Waals surface area contributed by atoms with Gasteiger partial charge in [0.25, 0.3) is 0 Å². The molecule has 8 heteroatoms.